The molecular weight excluding hydrogens is 426 g/mol. The maximum Gasteiger partial charge on any atom is 0.260 e. The summed E-state index contributed by atoms with van der Waals surface area (Å²) < 4.78 is 5.61. The molecule has 1 saturated heterocycles. The number of halogens is 1. The lowest BCUT2D eigenvalue weighted by atomic mass is 9.95. The highest BCUT2D eigenvalue weighted by atomic mass is 35.5. The van der Waals surface area contributed by atoms with Crippen molar-refractivity contribution in [3.63, 3.8) is 0 Å². The van der Waals surface area contributed by atoms with Crippen molar-refractivity contribution in [3.8, 4) is 5.75 Å². The number of nitrogens with one attached hydrogen (secondary N) is 1. The molecule has 4 rings (SSSR count). The third kappa shape index (κ3) is 5.81. The van der Waals surface area contributed by atoms with E-state index < -0.39 is 0 Å². The number of hydrogen-bond acceptors (Lipinski definition) is 4. The predicted molar refractivity (Wildman–Crippen MR) is 126 cm³/mol. The van der Waals surface area contributed by atoms with Crippen molar-refractivity contribution in [2.75, 3.05) is 38.1 Å². The Morgan fingerprint density at radius 2 is 1.62 bits per heavy atom. The molecule has 2 aromatic rings. The molecule has 0 spiro atoms. The first-order chi connectivity index (χ1) is 15.6. The Hall–Kier alpha value is -2.57. The van der Waals surface area contributed by atoms with E-state index in [0.717, 1.165) is 18.5 Å². The summed E-state index contributed by atoms with van der Waals surface area (Å²) in [6.45, 7) is 2.59. The Labute approximate surface area is 194 Å². The van der Waals surface area contributed by atoms with Gasteiger partial charge in [-0.25, -0.2) is 0 Å². The van der Waals surface area contributed by atoms with Crippen LogP contribution in [0, 0.1) is 5.92 Å². The molecular formula is C25H30ClN3O3. The van der Waals surface area contributed by atoms with Gasteiger partial charge >= 0.3 is 0 Å². The minimum absolute atomic E-state index is 0.00216. The first-order valence-electron chi connectivity index (χ1n) is 11.4. The second-order valence-electron chi connectivity index (χ2n) is 8.50. The molecule has 2 aliphatic rings. The van der Waals surface area contributed by atoms with Crippen molar-refractivity contribution in [2.24, 2.45) is 5.92 Å². The van der Waals surface area contributed by atoms with Crippen molar-refractivity contribution < 1.29 is 14.3 Å². The van der Waals surface area contributed by atoms with Gasteiger partial charge in [-0.3, -0.25) is 14.5 Å². The van der Waals surface area contributed by atoms with Gasteiger partial charge in [-0.05, 0) is 55.2 Å². The van der Waals surface area contributed by atoms with Crippen molar-refractivity contribution in [3.05, 3.63) is 59.6 Å². The zero-order valence-electron chi connectivity index (χ0n) is 18.2. The summed E-state index contributed by atoms with van der Waals surface area (Å²) in [5.41, 5.74) is 0.827. The number of hydrogen-bond donors (Lipinski definition) is 1. The second-order valence-corrected chi connectivity index (χ2v) is 8.94. The summed E-state index contributed by atoms with van der Waals surface area (Å²) >= 11 is 5.89. The fourth-order valence-electron chi connectivity index (χ4n) is 4.71. The lowest BCUT2D eigenvalue weighted by molar-refractivity contribution is -0.136. The second kappa shape index (κ2) is 10.8. The maximum atomic E-state index is 13.2. The molecule has 32 heavy (non-hydrogen) atoms. The molecule has 2 amide bonds. The molecule has 0 bridgehead atoms. The van der Waals surface area contributed by atoms with Crippen LogP contribution in [0.1, 0.15) is 25.7 Å². The number of amides is 2. The quantitative estimate of drug-likeness (QED) is 0.683. The fourth-order valence-corrected chi connectivity index (χ4v) is 4.83. The number of carbonyl (C=O) groups is 2. The Balaban J connectivity index is 1.32. The Morgan fingerprint density at radius 1 is 0.969 bits per heavy atom. The number of carbonyl (C=O) groups excluding carboxylic acids is 2. The third-order valence-corrected chi connectivity index (χ3v) is 6.64. The van der Waals surface area contributed by atoms with Crippen LogP contribution >= 0.6 is 11.6 Å². The average Bonchev–Trinajstić information content (AvgIpc) is 3.34. The molecule has 170 valence electrons. The average molecular weight is 456 g/mol. The molecule has 1 saturated carbocycles. The Bertz CT molecular complexity index is 892. The lowest BCUT2D eigenvalue weighted by Crippen LogP contribution is -2.57. The smallest absolute Gasteiger partial charge is 0.260 e. The molecule has 2 aromatic carbocycles. The molecule has 1 aliphatic heterocycles. The van der Waals surface area contributed by atoms with Crippen LogP contribution in [0.2, 0.25) is 5.02 Å². The first kappa shape index (κ1) is 22.6. The van der Waals surface area contributed by atoms with Crippen molar-refractivity contribution in [2.45, 2.75) is 31.7 Å². The van der Waals surface area contributed by atoms with Crippen LogP contribution in [0.3, 0.4) is 0 Å². The van der Waals surface area contributed by atoms with Crippen LogP contribution in [-0.4, -0.2) is 60.4 Å². The minimum atomic E-state index is -0.153. The van der Waals surface area contributed by atoms with E-state index in [2.05, 4.69) is 10.2 Å². The molecule has 0 radical (unpaired) electrons. The molecule has 0 aromatic heterocycles. The number of para-hydroxylation sites is 1. The zero-order valence-corrected chi connectivity index (χ0v) is 19.0. The SMILES string of the molecule is O=C(Nc1ccccc1)[C@@H](C1CCCC1)N1CCN(C(=O)COc2ccc(Cl)cc2)CC1. The summed E-state index contributed by atoms with van der Waals surface area (Å²) in [6.07, 6.45) is 4.53. The summed E-state index contributed by atoms with van der Waals surface area (Å²) in [5.74, 6) is 1.02. The predicted octanol–water partition coefficient (Wildman–Crippen LogP) is 4.06. The number of ether oxygens (including phenoxy) is 1. The fraction of sp³-hybridized carbons (Fsp3) is 0.440. The van der Waals surface area contributed by atoms with Crippen LogP contribution < -0.4 is 10.1 Å². The molecule has 6 nitrogen and oxygen atoms in total. The normalized spacial score (nSPS) is 18.3. The molecule has 0 unspecified atom stereocenters. The van der Waals surface area contributed by atoms with Gasteiger partial charge in [0, 0.05) is 36.9 Å². The largest absolute Gasteiger partial charge is 0.484 e. The molecule has 1 N–H and O–H groups in total. The van der Waals surface area contributed by atoms with Crippen molar-refractivity contribution >= 4 is 29.1 Å². The number of rotatable bonds is 7. The topological polar surface area (TPSA) is 61.9 Å². The van der Waals surface area contributed by atoms with E-state index in [0.29, 0.717) is 42.9 Å². The minimum Gasteiger partial charge on any atom is -0.484 e. The van der Waals surface area contributed by atoms with Crippen molar-refractivity contribution in [1.29, 1.82) is 0 Å². The lowest BCUT2D eigenvalue weighted by Gasteiger charge is -2.40. The van der Waals surface area contributed by atoms with E-state index in [9.17, 15) is 9.59 Å². The van der Waals surface area contributed by atoms with Gasteiger partial charge in [0.1, 0.15) is 5.75 Å². The van der Waals surface area contributed by atoms with E-state index in [1.165, 1.54) is 12.8 Å². The third-order valence-electron chi connectivity index (χ3n) is 6.39. The zero-order chi connectivity index (χ0) is 22.3. The van der Waals surface area contributed by atoms with Gasteiger partial charge in [0.15, 0.2) is 6.61 Å². The van der Waals surface area contributed by atoms with E-state index in [1.54, 1.807) is 24.3 Å². The highest BCUT2D eigenvalue weighted by molar-refractivity contribution is 6.30. The number of anilines is 1. The summed E-state index contributed by atoms with van der Waals surface area (Å²) in [4.78, 5) is 29.9. The van der Waals surface area contributed by atoms with Gasteiger partial charge in [-0.1, -0.05) is 42.6 Å². The number of nitrogens with zero attached hydrogens (tertiary/aromatic N) is 2. The van der Waals surface area contributed by atoms with Gasteiger partial charge in [-0.15, -0.1) is 0 Å². The molecule has 1 atom stereocenters. The summed E-state index contributed by atoms with van der Waals surface area (Å²) in [6, 6.07) is 16.5. The van der Waals surface area contributed by atoms with Gasteiger partial charge in [0.25, 0.3) is 5.91 Å². The van der Waals surface area contributed by atoms with Gasteiger partial charge in [0.05, 0.1) is 6.04 Å². The standard InChI is InChI=1S/C25H30ClN3O3/c26-20-10-12-22(13-11-20)32-18-23(30)28-14-16-29(17-15-28)24(19-6-4-5-7-19)25(31)27-21-8-2-1-3-9-21/h1-3,8-13,19,24H,4-7,14-18H2,(H,27,31)/t24-/m1/s1. The van der Waals surface area contributed by atoms with Crippen LogP contribution in [-0.2, 0) is 9.59 Å². The van der Waals surface area contributed by atoms with E-state index >= 15 is 0 Å². The van der Waals surface area contributed by atoms with Crippen LogP contribution in [0.15, 0.2) is 54.6 Å². The molecule has 1 aliphatic carbocycles. The van der Waals surface area contributed by atoms with E-state index in [1.807, 2.05) is 35.2 Å². The van der Waals surface area contributed by atoms with Crippen LogP contribution in [0.25, 0.3) is 0 Å². The summed E-state index contributed by atoms with van der Waals surface area (Å²) in [7, 11) is 0. The van der Waals surface area contributed by atoms with Gasteiger partial charge in [0.2, 0.25) is 5.91 Å². The highest BCUT2D eigenvalue weighted by Gasteiger charge is 2.37. The molecule has 7 heteroatoms. The van der Waals surface area contributed by atoms with Crippen LogP contribution in [0.4, 0.5) is 5.69 Å². The summed E-state index contributed by atoms with van der Waals surface area (Å²) in [5, 5.41) is 3.73. The van der Waals surface area contributed by atoms with Crippen molar-refractivity contribution in [1.82, 2.24) is 9.80 Å². The highest BCUT2D eigenvalue weighted by Crippen LogP contribution is 2.31. The van der Waals surface area contributed by atoms with E-state index in [4.69, 9.17) is 16.3 Å². The molecule has 1 heterocycles. The van der Waals surface area contributed by atoms with Gasteiger partial charge in [-0.2, -0.15) is 0 Å². The number of piperazine rings is 1. The maximum absolute atomic E-state index is 13.2. The Kier molecular flexibility index (Phi) is 7.66. The molecule has 2 fully saturated rings. The van der Waals surface area contributed by atoms with Gasteiger partial charge < -0.3 is 15.0 Å². The van der Waals surface area contributed by atoms with E-state index in [-0.39, 0.29) is 24.5 Å². The first-order valence-corrected chi connectivity index (χ1v) is 11.7. The van der Waals surface area contributed by atoms with Crippen LogP contribution in [0.5, 0.6) is 5.75 Å². The Morgan fingerprint density at radius 3 is 2.28 bits per heavy atom. The number of benzene rings is 2. The monoisotopic (exact) mass is 455 g/mol.